The van der Waals surface area contributed by atoms with E-state index in [0.29, 0.717) is 29.6 Å². The molecule has 12 heteroatoms. The first-order valence-corrected chi connectivity index (χ1v) is 16.8. The molecular weight excluding hydrogens is 857 g/mol. The number of benzene rings is 2. The van der Waals surface area contributed by atoms with E-state index in [4.69, 9.17) is 14.2 Å². The zero-order chi connectivity index (χ0) is 35.5. The molecular formula is C38H45AcNO10. The van der Waals surface area contributed by atoms with Crippen molar-refractivity contribution < 1.29 is 92.8 Å². The maximum atomic E-state index is 14.5. The Balaban J connectivity index is 0.00000486. The maximum absolute atomic E-state index is 14.5. The minimum atomic E-state index is -1.97. The second-order valence-corrected chi connectivity index (χ2v) is 14.9. The van der Waals surface area contributed by atoms with E-state index in [1.807, 2.05) is 0 Å². The standard InChI is InChI=1S/C38H45NO10.Ac/c1-21-25-18-27(41)36(5)17-16-28-37(45,20-47-28)31(36)32(49-33(43)24-14-10-7-11-15-24)38(46,35(25,3)4)19-26(21)48-34(44)30(42)29(39-22(2)40)23-12-8-6-9-13-23;/h6-15,26,28-32,42,45-46H,16-20H2,1-5H3,(H,39,40);/t26?,28?,29?,30?,31?,32?,36-,37-,38?;/m0./s1. The van der Waals surface area contributed by atoms with Crippen molar-refractivity contribution in [3.8, 4) is 0 Å². The molecule has 2 aromatic carbocycles. The van der Waals surface area contributed by atoms with Gasteiger partial charge in [-0.1, -0.05) is 74.9 Å². The summed E-state index contributed by atoms with van der Waals surface area (Å²) in [6.07, 6.45) is -4.61. The van der Waals surface area contributed by atoms with Crippen molar-refractivity contribution in [1.29, 1.82) is 0 Å². The van der Waals surface area contributed by atoms with Crippen LogP contribution in [0.1, 0.15) is 82.3 Å². The number of ether oxygens (including phenoxy) is 3. The van der Waals surface area contributed by atoms with Crippen LogP contribution in [0.2, 0.25) is 0 Å². The summed E-state index contributed by atoms with van der Waals surface area (Å²) in [7, 11) is 0. The number of carbonyl (C=O) groups is 4. The average molecular weight is 903 g/mol. The molecule has 1 saturated heterocycles. The van der Waals surface area contributed by atoms with Gasteiger partial charge in [-0.3, -0.25) is 9.59 Å². The van der Waals surface area contributed by atoms with Crippen molar-refractivity contribution in [2.24, 2.45) is 16.7 Å². The average Bonchev–Trinajstić information content (AvgIpc) is 3.06. The van der Waals surface area contributed by atoms with Crippen LogP contribution in [-0.4, -0.2) is 81.2 Å². The Morgan fingerprint density at radius 3 is 2.18 bits per heavy atom. The van der Waals surface area contributed by atoms with Gasteiger partial charge in [-0.25, -0.2) is 9.59 Å². The number of ketones is 1. The first-order valence-electron chi connectivity index (χ1n) is 16.8. The van der Waals surface area contributed by atoms with E-state index < -0.39 is 76.3 Å². The fourth-order valence-corrected chi connectivity index (χ4v) is 8.78. The summed E-state index contributed by atoms with van der Waals surface area (Å²) in [5.41, 5.74) is -4.17. The second-order valence-electron chi connectivity index (χ2n) is 14.9. The normalized spacial score (nSPS) is 33.8. The molecule has 1 heterocycles. The van der Waals surface area contributed by atoms with Gasteiger partial charge < -0.3 is 34.8 Å². The first kappa shape index (κ1) is 38.8. The van der Waals surface area contributed by atoms with E-state index in [2.05, 4.69) is 5.32 Å². The molecule has 2 aromatic rings. The number of aliphatic hydroxyl groups excluding tert-OH is 1. The van der Waals surface area contributed by atoms with E-state index in [1.54, 1.807) is 88.4 Å². The molecule has 7 unspecified atom stereocenters. The van der Waals surface area contributed by atoms with Crippen molar-refractivity contribution in [2.45, 2.75) is 102 Å². The molecule has 0 aromatic heterocycles. The van der Waals surface area contributed by atoms with E-state index in [-0.39, 0.29) is 74.9 Å². The molecule has 6 rings (SSSR count). The number of amides is 1. The van der Waals surface area contributed by atoms with Gasteiger partial charge in [0.1, 0.15) is 29.2 Å². The maximum Gasteiger partial charge on any atom is 0.338 e. The molecule has 4 aliphatic rings. The molecule has 2 bridgehead atoms. The number of carbonyl (C=O) groups excluding carboxylic acids is 4. The van der Waals surface area contributed by atoms with Gasteiger partial charge >= 0.3 is 11.9 Å². The Labute approximate surface area is 327 Å². The largest absolute Gasteiger partial charge is 0.456 e. The monoisotopic (exact) mass is 902 g/mol. The van der Waals surface area contributed by atoms with Crippen molar-refractivity contribution in [2.75, 3.05) is 6.61 Å². The van der Waals surface area contributed by atoms with Crippen LogP contribution in [0.4, 0.5) is 0 Å². The number of nitrogens with one attached hydrogen (secondary N) is 1. The topological polar surface area (TPSA) is 169 Å². The Morgan fingerprint density at radius 2 is 1.60 bits per heavy atom. The molecule has 2 saturated carbocycles. The third-order valence-electron chi connectivity index (χ3n) is 11.8. The summed E-state index contributed by atoms with van der Waals surface area (Å²) in [5, 5.41) is 39.2. The fourth-order valence-electron chi connectivity index (χ4n) is 8.78. The molecule has 1 radical (unpaired) electrons. The summed E-state index contributed by atoms with van der Waals surface area (Å²) in [6.45, 7) is 8.20. The summed E-state index contributed by atoms with van der Waals surface area (Å²) in [6, 6.07) is 15.7. The van der Waals surface area contributed by atoms with E-state index in [1.165, 1.54) is 6.92 Å². The van der Waals surface area contributed by atoms with Crippen LogP contribution in [0.5, 0.6) is 0 Å². The van der Waals surface area contributed by atoms with Crippen LogP contribution in [0.3, 0.4) is 0 Å². The van der Waals surface area contributed by atoms with Crippen LogP contribution in [0.15, 0.2) is 71.8 Å². The van der Waals surface area contributed by atoms with Gasteiger partial charge in [-0.15, -0.1) is 0 Å². The zero-order valence-electron chi connectivity index (χ0n) is 29.0. The SMILES string of the molecule is CC(=O)NC(c1ccccc1)C(O)C(=O)OC1CC2(O)C(OC(=O)c3ccccc3)C3[C@]4(O)COC4CC[C@@]3(C)C(=O)CC(=C1C)C2(C)C.[Ac]. The molecule has 4 N–H and O–H groups in total. The van der Waals surface area contributed by atoms with Crippen molar-refractivity contribution in [3.63, 3.8) is 0 Å². The number of Topliss-reactive ketones (excluding diaryl/α,β-unsaturated/α-hetero) is 1. The minimum Gasteiger partial charge on any atom is -0.456 e. The molecule has 11 nitrogen and oxygen atoms in total. The molecule has 1 aliphatic heterocycles. The van der Waals surface area contributed by atoms with Crippen LogP contribution < -0.4 is 5.32 Å². The number of rotatable bonds is 7. The van der Waals surface area contributed by atoms with Gasteiger partial charge in [0.05, 0.1) is 24.3 Å². The number of hydrogen-bond acceptors (Lipinski definition) is 10. The van der Waals surface area contributed by atoms with Gasteiger partial charge in [-0.05, 0) is 43.0 Å². The van der Waals surface area contributed by atoms with Crippen LogP contribution in [0, 0.1) is 60.8 Å². The molecule has 9 atom stereocenters. The fraction of sp³-hybridized carbons (Fsp3) is 0.526. The van der Waals surface area contributed by atoms with Gasteiger partial charge in [0.25, 0.3) is 0 Å². The second kappa shape index (κ2) is 14.2. The van der Waals surface area contributed by atoms with Crippen molar-refractivity contribution in [1.82, 2.24) is 5.32 Å². The quantitative estimate of drug-likeness (QED) is 0.239. The summed E-state index contributed by atoms with van der Waals surface area (Å²) in [5.74, 6) is -3.51. The van der Waals surface area contributed by atoms with E-state index in [9.17, 15) is 34.5 Å². The van der Waals surface area contributed by atoms with Gasteiger partial charge in [0.2, 0.25) is 5.91 Å². The summed E-state index contributed by atoms with van der Waals surface area (Å²) in [4.78, 5) is 54.1. The van der Waals surface area contributed by atoms with E-state index in [0.717, 1.165) is 0 Å². The van der Waals surface area contributed by atoms with Gasteiger partial charge in [0.15, 0.2) is 6.10 Å². The minimum absolute atomic E-state index is 0. The predicted molar refractivity (Wildman–Crippen MR) is 176 cm³/mol. The first-order chi connectivity index (χ1) is 23.0. The van der Waals surface area contributed by atoms with Crippen LogP contribution in [0.25, 0.3) is 0 Å². The summed E-state index contributed by atoms with van der Waals surface area (Å²) >= 11 is 0. The Hall–Kier alpha value is -2.46. The van der Waals surface area contributed by atoms with E-state index >= 15 is 0 Å². The Morgan fingerprint density at radius 1 is 0.980 bits per heavy atom. The molecule has 3 aliphatic carbocycles. The molecule has 50 heavy (non-hydrogen) atoms. The zero-order valence-corrected chi connectivity index (χ0v) is 33.8. The molecule has 1 amide bonds. The molecule has 3 fully saturated rings. The predicted octanol–water partition coefficient (Wildman–Crippen LogP) is 3.36. The Bertz CT molecular complexity index is 1680. The smallest absolute Gasteiger partial charge is 0.338 e. The van der Waals surface area contributed by atoms with Gasteiger partial charge in [0, 0.05) is 80.6 Å². The van der Waals surface area contributed by atoms with Crippen LogP contribution >= 0.6 is 0 Å². The molecule has 265 valence electrons. The third kappa shape index (κ3) is 6.32. The van der Waals surface area contributed by atoms with Crippen molar-refractivity contribution in [3.05, 3.63) is 82.9 Å². The van der Waals surface area contributed by atoms with Crippen molar-refractivity contribution >= 4 is 23.6 Å². The summed E-state index contributed by atoms with van der Waals surface area (Å²) < 4.78 is 18.0. The van der Waals surface area contributed by atoms with Gasteiger partial charge in [-0.2, -0.15) is 0 Å². The molecule has 0 spiro atoms. The number of hydrogen-bond donors (Lipinski definition) is 4. The Kier molecular flexibility index (Phi) is 11.0. The van der Waals surface area contributed by atoms with Crippen LogP contribution in [-0.2, 0) is 28.6 Å². The number of esters is 2. The third-order valence-corrected chi connectivity index (χ3v) is 11.8. The number of aliphatic hydroxyl groups is 3. The number of fused-ring (bicyclic) bond motifs is 5.